The van der Waals surface area contributed by atoms with Crippen LogP contribution < -0.4 is 0 Å². The molecule has 0 N–H and O–H groups in total. The van der Waals surface area contributed by atoms with E-state index in [2.05, 4.69) is 11.9 Å². The molecule has 0 amide bonds. The van der Waals surface area contributed by atoms with E-state index in [-0.39, 0.29) is 5.78 Å². The maximum atomic E-state index is 12.1. The van der Waals surface area contributed by atoms with Crippen molar-refractivity contribution < 1.29 is 9.53 Å². The highest BCUT2D eigenvalue weighted by Gasteiger charge is 2.09. The minimum Gasteiger partial charge on any atom is -0.381 e. The summed E-state index contributed by atoms with van der Waals surface area (Å²) in [5.41, 5.74) is 1.60. The Hall–Kier alpha value is -1.74. The van der Waals surface area contributed by atoms with Gasteiger partial charge in [-0.3, -0.25) is 9.78 Å². The molecule has 3 heteroatoms. The molecule has 1 aromatic carbocycles. The van der Waals surface area contributed by atoms with Gasteiger partial charge >= 0.3 is 0 Å². The number of hydrogen-bond acceptors (Lipinski definition) is 3. The summed E-state index contributed by atoms with van der Waals surface area (Å²) in [7, 11) is 0. The maximum Gasteiger partial charge on any atom is 0.165 e. The van der Waals surface area contributed by atoms with Gasteiger partial charge in [-0.25, -0.2) is 0 Å². The van der Waals surface area contributed by atoms with E-state index >= 15 is 0 Å². The van der Waals surface area contributed by atoms with Crippen molar-refractivity contribution in [1.29, 1.82) is 0 Å². The summed E-state index contributed by atoms with van der Waals surface area (Å²) >= 11 is 0. The Kier molecular flexibility index (Phi) is 4.42. The van der Waals surface area contributed by atoms with E-state index in [4.69, 9.17) is 4.74 Å². The highest BCUT2D eigenvalue weighted by atomic mass is 16.5. The molecule has 0 radical (unpaired) electrons. The average molecular weight is 243 g/mol. The van der Waals surface area contributed by atoms with E-state index in [0.29, 0.717) is 19.6 Å². The van der Waals surface area contributed by atoms with Crippen LogP contribution in [0.2, 0.25) is 0 Å². The maximum absolute atomic E-state index is 12.1. The normalized spacial score (nSPS) is 10.7. The fourth-order valence-corrected chi connectivity index (χ4v) is 1.89. The third kappa shape index (κ3) is 2.93. The minimum atomic E-state index is 0.115. The van der Waals surface area contributed by atoms with E-state index in [1.165, 1.54) is 0 Å². The van der Waals surface area contributed by atoms with Crippen LogP contribution in [0.25, 0.3) is 10.9 Å². The van der Waals surface area contributed by atoms with Crippen LogP contribution in [0.15, 0.2) is 36.5 Å². The zero-order valence-electron chi connectivity index (χ0n) is 10.6. The second-order valence-electron chi connectivity index (χ2n) is 4.16. The van der Waals surface area contributed by atoms with Gasteiger partial charge in [-0.2, -0.15) is 0 Å². The smallest absolute Gasteiger partial charge is 0.165 e. The molecular weight excluding hydrogens is 226 g/mol. The topological polar surface area (TPSA) is 39.2 Å². The van der Waals surface area contributed by atoms with Gasteiger partial charge < -0.3 is 4.74 Å². The van der Waals surface area contributed by atoms with Crippen molar-refractivity contribution in [1.82, 2.24) is 4.98 Å². The van der Waals surface area contributed by atoms with Crippen LogP contribution in [0.5, 0.6) is 0 Å². The zero-order valence-corrected chi connectivity index (χ0v) is 10.6. The van der Waals surface area contributed by atoms with Gasteiger partial charge in [0.05, 0.1) is 12.1 Å². The van der Waals surface area contributed by atoms with Gasteiger partial charge in [-0.15, -0.1) is 0 Å². The number of aromatic nitrogens is 1. The predicted molar refractivity (Wildman–Crippen MR) is 71.8 cm³/mol. The van der Waals surface area contributed by atoms with Crippen LogP contribution in [0.1, 0.15) is 30.1 Å². The van der Waals surface area contributed by atoms with Crippen molar-refractivity contribution in [3.05, 3.63) is 42.1 Å². The molecule has 0 bridgehead atoms. The Morgan fingerprint density at radius 3 is 2.94 bits per heavy atom. The summed E-state index contributed by atoms with van der Waals surface area (Å²) < 4.78 is 5.35. The second-order valence-corrected chi connectivity index (χ2v) is 4.16. The Morgan fingerprint density at radius 1 is 1.22 bits per heavy atom. The first kappa shape index (κ1) is 12.7. The summed E-state index contributed by atoms with van der Waals surface area (Å²) in [6.07, 6.45) is 3.14. The summed E-state index contributed by atoms with van der Waals surface area (Å²) in [6.45, 7) is 3.26. The number of ether oxygens (including phenoxy) is 1. The van der Waals surface area contributed by atoms with Crippen LogP contribution >= 0.6 is 0 Å². The van der Waals surface area contributed by atoms with Gasteiger partial charge in [0.1, 0.15) is 0 Å². The highest BCUT2D eigenvalue weighted by Crippen LogP contribution is 2.17. The number of ketones is 1. The Balaban J connectivity index is 2.13. The summed E-state index contributed by atoms with van der Waals surface area (Å²) in [4.78, 5) is 16.4. The van der Waals surface area contributed by atoms with Gasteiger partial charge in [0.2, 0.25) is 0 Å². The molecule has 0 atom stereocenters. The lowest BCUT2D eigenvalue weighted by molar-refractivity contribution is 0.0880. The number of fused-ring (bicyclic) bond motifs is 1. The third-order valence-electron chi connectivity index (χ3n) is 2.77. The molecule has 0 unspecified atom stereocenters. The van der Waals surface area contributed by atoms with E-state index < -0.39 is 0 Å². The largest absolute Gasteiger partial charge is 0.381 e. The average Bonchev–Trinajstić information content (AvgIpc) is 2.43. The Morgan fingerprint density at radius 2 is 2.11 bits per heavy atom. The van der Waals surface area contributed by atoms with Crippen LogP contribution in [0.4, 0.5) is 0 Å². The molecule has 18 heavy (non-hydrogen) atoms. The number of Topliss-reactive ketones (excluding diaryl/α,β-unsaturated/α-hetero) is 1. The standard InChI is InChI=1S/C15H17NO2/c1-2-10-18-11-8-15(17)13-5-3-7-14-12(13)6-4-9-16-14/h3-7,9H,2,8,10-11H2,1H3. The van der Waals surface area contributed by atoms with Gasteiger partial charge in [-0.1, -0.05) is 25.1 Å². The molecule has 94 valence electrons. The minimum absolute atomic E-state index is 0.115. The summed E-state index contributed by atoms with van der Waals surface area (Å²) in [6, 6.07) is 9.43. The lowest BCUT2D eigenvalue weighted by atomic mass is 10.0. The first-order valence-corrected chi connectivity index (χ1v) is 6.27. The molecule has 0 aliphatic heterocycles. The van der Waals surface area contributed by atoms with Crippen molar-refractivity contribution in [2.24, 2.45) is 0 Å². The molecule has 2 aromatic rings. The molecule has 0 saturated carbocycles. The Bertz CT molecular complexity index is 532. The number of carbonyl (C=O) groups is 1. The van der Waals surface area contributed by atoms with Crippen LogP contribution in [0, 0.1) is 0 Å². The van der Waals surface area contributed by atoms with Crippen molar-refractivity contribution in [3.8, 4) is 0 Å². The number of carbonyl (C=O) groups excluding carboxylic acids is 1. The number of hydrogen-bond donors (Lipinski definition) is 0. The van der Waals surface area contributed by atoms with Crippen LogP contribution in [-0.2, 0) is 4.74 Å². The van der Waals surface area contributed by atoms with Crippen LogP contribution in [-0.4, -0.2) is 24.0 Å². The second kappa shape index (κ2) is 6.26. The quantitative estimate of drug-likeness (QED) is 0.577. The first-order valence-electron chi connectivity index (χ1n) is 6.27. The molecule has 3 nitrogen and oxygen atoms in total. The number of nitrogens with zero attached hydrogens (tertiary/aromatic N) is 1. The van der Waals surface area contributed by atoms with E-state index in [1.54, 1.807) is 6.20 Å². The van der Waals surface area contributed by atoms with E-state index in [0.717, 1.165) is 22.9 Å². The molecule has 0 saturated heterocycles. The fraction of sp³-hybridized carbons (Fsp3) is 0.333. The van der Waals surface area contributed by atoms with E-state index in [1.807, 2.05) is 30.3 Å². The number of benzene rings is 1. The number of pyridine rings is 1. The molecule has 0 spiro atoms. The first-order chi connectivity index (χ1) is 8.83. The molecule has 2 rings (SSSR count). The highest BCUT2D eigenvalue weighted by molar-refractivity contribution is 6.07. The van der Waals surface area contributed by atoms with Gasteiger partial charge in [0.15, 0.2) is 5.78 Å². The molecule has 0 fully saturated rings. The van der Waals surface area contributed by atoms with Crippen molar-refractivity contribution >= 4 is 16.7 Å². The molecule has 0 aliphatic rings. The summed E-state index contributed by atoms with van der Waals surface area (Å²) in [5, 5.41) is 0.917. The molecular formula is C15H17NO2. The monoisotopic (exact) mass is 243 g/mol. The number of rotatable bonds is 6. The summed E-state index contributed by atoms with van der Waals surface area (Å²) in [5.74, 6) is 0.115. The zero-order chi connectivity index (χ0) is 12.8. The van der Waals surface area contributed by atoms with Gasteiger partial charge in [-0.05, 0) is 18.6 Å². The lowest BCUT2D eigenvalue weighted by Crippen LogP contribution is -2.06. The molecule has 1 aromatic heterocycles. The fourth-order valence-electron chi connectivity index (χ4n) is 1.89. The third-order valence-corrected chi connectivity index (χ3v) is 2.77. The van der Waals surface area contributed by atoms with Crippen LogP contribution in [0.3, 0.4) is 0 Å². The van der Waals surface area contributed by atoms with Crippen molar-refractivity contribution in [3.63, 3.8) is 0 Å². The predicted octanol–water partition coefficient (Wildman–Crippen LogP) is 3.23. The van der Waals surface area contributed by atoms with E-state index in [9.17, 15) is 4.79 Å². The van der Waals surface area contributed by atoms with Crippen molar-refractivity contribution in [2.75, 3.05) is 13.2 Å². The van der Waals surface area contributed by atoms with Gasteiger partial charge in [0.25, 0.3) is 0 Å². The van der Waals surface area contributed by atoms with Gasteiger partial charge in [0, 0.05) is 30.2 Å². The molecule has 0 aliphatic carbocycles. The SMILES string of the molecule is CCCOCCC(=O)c1cccc2ncccc12. The van der Waals surface area contributed by atoms with Crippen molar-refractivity contribution in [2.45, 2.75) is 19.8 Å². The Labute approximate surface area is 107 Å². The molecule has 1 heterocycles. The lowest BCUT2D eigenvalue weighted by Gasteiger charge is -2.05.